The van der Waals surface area contributed by atoms with Crippen molar-refractivity contribution in [3.63, 3.8) is 0 Å². The molecule has 2 aromatic carbocycles. The summed E-state index contributed by atoms with van der Waals surface area (Å²) in [7, 11) is -3.55. The van der Waals surface area contributed by atoms with E-state index in [4.69, 9.17) is 0 Å². The zero-order valence-corrected chi connectivity index (χ0v) is 20.6. The number of benzene rings is 2. The molecule has 0 spiro atoms. The van der Waals surface area contributed by atoms with Crippen molar-refractivity contribution in [2.75, 3.05) is 32.8 Å². The number of rotatable bonds is 6. The second kappa shape index (κ2) is 9.22. The molecule has 9 heteroatoms. The van der Waals surface area contributed by atoms with Crippen LogP contribution in [0.1, 0.15) is 35.6 Å². The predicted molar refractivity (Wildman–Crippen MR) is 134 cm³/mol. The summed E-state index contributed by atoms with van der Waals surface area (Å²) in [5, 5.41) is 4.12. The molecule has 3 aliphatic rings. The van der Waals surface area contributed by atoms with Gasteiger partial charge in [-0.2, -0.15) is 4.31 Å². The number of hydrogen-bond donors (Lipinski definition) is 1. The number of piperazine rings is 1. The fourth-order valence-electron chi connectivity index (χ4n) is 5.04. The Balaban J connectivity index is 1.21. The number of amides is 3. The number of urea groups is 1. The first-order chi connectivity index (χ1) is 16.8. The average molecular weight is 495 g/mol. The quantitative estimate of drug-likeness (QED) is 0.624. The molecule has 0 saturated carbocycles. The number of hydrogen-bond acceptors (Lipinski definition) is 5. The minimum Gasteiger partial charge on any atom is -0.319 e. The van der Waals surface area contributed by atoms with Gasteiger partial charge in [-0.25, -0.2) is 18.1 Å². The Hall–Kier alpha value is -3.01. The van der Waals surface area contributed by atoms with Crippen molar-refractivity contribution in [1.29, 1.82) is 0 Å². The van der Waals surface area contributed by atoms with E-state index in [2.05, 4.69) is 17.4 Å². The lowest BCUT2D eigenvalue weighted by Gasteiger charge is -2.34. The van der Waals surface area contributed by atoms with Crippen molar-refractivity contribution in [3.8, 4) is 0 Å². The van der Waals surface area contributed by atoms with Crippen molar-refractivity contribution < 1.29 is 18.0 Å². The molecule has 2 fully saturated rings. The number of fused-ring (bicyclic) bond motifs is 1. The Labute approximate surface area is 206 Å². The minimum atomic E-state index is -3.55. The zero-order chi connectivity index (χ0) is 24.6. The molecule has 2 aliphatic heterocycles. The van der Waals surface area contributed by atoms with Crippen molar-refractivity contribution in [2.24, 2.45) is 0 Å². The molecule has 2 heterocycles. The number of aryl methyl sites for hydroxylation is 2. The Bertz CT molecular complexity index is 1270. The van der Waals surface area contributed by atoms with Crippen molar-refractivity contribution in [3.05, 3.63) is 76.2 Å². The van der Waals surface area contributed by atoms with E-state index in [1.165, 1.54) is 25.7 Å². The van der Waals surface area contributed by atoms with Gasteiger partial charge in [-0.05, 0) is 54.5 Å². The molecule has 5 rings (SSSR count). The van der Waals surface area contributed by atoms with Crippen LogP contribution in [0.3, 0.4) is 0 Å². The van der Waals surface area contributed by atoms with Crippen LogP contribution in [0, 0.1) is 0 Å². The van der Waals surface area contributed by atoms with Gasteiger partial charge in [-0.15, -0.1) is 0 Å². The van der Waals surface area contributed by atoms with Crippen LogP contribution >= 0.6 is 0 Å². The Morgan fingerprint density at radius 1 is 0.971 bits per heavy atom. The number of carbonyl (C=O) groups is 2. The van der Waals surface area contributed by atoms with Gasteiger partial charge in [-0.1, -0.05) is 48.5 Å². The van der Waals surface area contributed by atoms with Crippen LogP contribution in [0.15, 0.2) is 53.9 Å². The molecule has 184 valence electrons. The smallest absolute Gasteiger partial charge is 0.319 e. The highest BCUT2D eigenvalue weighted by atomic mass is 32.2. The molecule has 1 atom stereocenters. The molecule has 2 aromatic rings. The van der Waals surface area contributed by atoms with Crippen LogP contribution < -0.4 is 5.32 Å². The Morgan fingerprint density at radius 2 is 1.69 bits per heavy atom. The maximum Gasteiger partial charge on any atom is 0.326 e. The monoisotopic (exact) mass is 494 g/mol. The summed E-state index contributed by atoms with van der Waals surface area (Å²) >= 11 is 0. The zero-order valence-electron chi connectivity index (χ0n) is 19.8. The molecular formula is C26H30N4O4S. The van der Waals surface area contributed by atoms with Crippen LogP contribution in [0.5, 0.6) is 0 Å². The molecule has 0 radical (unpaired) electrons. The molecule has 1 aliphatic carbocycles. The van der Waals surface area contributed by atoms with Crippen LogP contribution in [-0.4, -0.2) is 67.3 Å². The van der Waals surface area contributed by atoms with Gasteiger partial charge in [0.15, 0.2) is 0 Å². The molecule has 8 nitrogen and oxygen atoms in total. The first kappa shape index (κ1) is 23.7. The highest BCUT2D eigenvalue weighted by Crippen LogP contribution is 2.32. The molecule has 1 N–H and O–H groups in total. The van der Waals surface area contributed by atoms with Gasteiger partial charge in [0.05, 0.1) is 6.67 Å². The summed E-state index contributed by atoms with van der Waals surface area (Å²) in [6, 6.07) is 14.9. The number of nitrogens with one attached hydrogen (secondary N) is 1. The van der Waals surface area contributed by atoms with Gasteiger partial charge in [-0.3, -0.25) is 9.69 Å². The van der Waals surface area contributed by atoms with Gasteiger partial charge < -0.3 is 5.32 Å². The maximum atomic E-state index is 13.4. The number of nitrogens with zero attached hydrogens (tertiary/aromatic N) is 3. The highest BCUT2D eigenvalue weighted by molar-refractivity contribution is 7.92. The molecule has 0 bridgehead atoms. The predicted octanol–water partition coefficient (Wildman–Crippen LogP) is 2.52. The third-order valence-corrected chi connectivity index (χ3v) is 8.78. The van der Waals surface area contributed by atoms with Crippen molar-refractivity contribution >= 4 is 28.0 Å². The lowest BCUT2D eigenvalue weighted by Crippen LogP contribution is -2.52. The van der Waals surface area contributed by atoms with Gasteiger partial charge in [0.25, 0.3) is 5.91 Å². The maximum absolute atomic E-state index is 13.4. The Kier molecular flexibility index (Phi) is 6.25. The highest BCUT2D eigenvalue weighted by Gasteiger charge is 2.49. The molecular weight excluding hydrogens is 464 g/mol. The van der Waals surface area contributed by atoms with E-state index in [0.29, 0.717) is 26.2 Å². The second-order valence-electron chi connectivity index (χ2n) is 9.54. The molecule has 35 heavy (non-hydrogen) atoms. The van der Waals surface area contributed by atoms with E-state index in [1.54, 1.807) is 13.0 Å². The van der Waals surface area contributed by atoms with Gasteiger partial charge in [0.2, 0.25) is 10.0 Å². The fourth-order valence-corrected chi connectivity index (χ4v) is 6.22. The number of sulfonamides is 1. The number of imide groups is 1. The molecule has 2 saturated heterocycles. The van der Waals surface area contributed by atoms with Crippen LogP contribution in [-0.2, 0) is 33.2 Å². The van der Waals surface area contributed by atoms with Gasteiger partial charge >= 0.3 is 6.03 Å². The van der Waals surface area contributed by atoms with Crippen molar-refractivity contribution in [2.45, 2.75) is 31.7 Å². The van der Waals surface area contributed by atoms with E-state index in [-0.39, 0.29) is 12.6 Å². The van der Waals surface area contributed by atoms with E-state index in [0.717, 1.165) is 30.4 Å². The van der Waals surface area contributed by atoms with E-state index < -0.39 is 21.6 Å². The summed E-state index contributed by atoms with van der Waals surface area (Å²) in [6.07, 6.45) is 4.77. The summed E-state index contributed by atoms with van der Waals surface area (Å²) in [5.41, 5.74) is 3.10. The van der Waals surface area contributed by atoms with Gasteiger partial charge in [0.1, 0.15) is 5.54 Å². The molecule has 0 aromatic heterocycles. The first-order valence-corrected chi connectivity index (χ1v) is 13.5. The SMILES string of the molecule is CC1(c2ccc3c(c2)CCC3)NC(=O)N(CN2CCN(S(=O)(=O)C=Cc3ccccc3)CC2)C1=O. The molecule has 3 amide bonds. The Morgan fingerprint density at radius 3 is 2.43 bits per heavy atom. The lowest BCUT2D eigenvalue weighted by molar-refractivity contribution is -0.132. The van der Waals surface area contributed by atoms with Crippen molar-refractivity contribution in [1.82, 2.24) is 19.4 Å². The van der Waals surface area contributed by atoms with E-state index in [1.807, 2.05) is 41.3 Å². The average Bonchev–Trinajstić information content (AvgIpc) is 3.42. The van der Waals surface area contributed by atoms with E-state index in [9.17, 15) is 18.0 Å². The summed E-state index contributed by atoms with van der Waals surface area (Å²) in [4.78, 5) is 29.3. The molecule has 1 unspecified atom stereocenters. The summed E-state index contributed by atoms with van der Waals surface area (Å²) < 4.78 is 26.9. The van der Waals surface area contributed by atoms with Crippen LogP contribution in [0.4, 0.5) is 4.79 Å². The topological polar surface area (TPSA) is 90.0 Å². The fraction of sp³-hybridized carbons (Fsp3) is 0.385. The largest absolute Gasteiger partial charge is 0.326 e. The third-order valence-electron chi connectivity index (χ3n) is 7.22. The number of carbonyl (C=O) groups excluding carboxylic acids is 2. The lowest BCUT2D eigenvalue weighted by atomic mass is 9.90. The normalized spacial score (nSPS) is 23.7. The standard InChI is InChI=1S/C26H30N4O4S/c1-26(23-11-10-21-8-5-9-22(21)18-23)24(31)30(25(32)27-26)19-28-13-15-29(16-14-28)35(33,34)17-12-20-6-3-2-4-7-20/h2-4,6-7,10-12,17-18H,5,8-9,13-16,19H2,1H3,(H,27,32). The minimum absolute atomic E-state index is 0.138. The van der Waals surface area contributed by atoms with Gasteiger partial charge in [0, 0.05) is 31.6 Å². The van der Waals surface area contributed by atoms with Crippen LogP contribution in [0.2, 0.25) is 0 Å². The third kappa shape index (κ3) is 4.63. The summed E-state index contributed by atoms with van der Waals surface area (Å²) in [5.74, 6) is -0.277. The second-order valence-corrected chi connectivity index (χ2v) is 11.4. The van der Waals surface area contributed by atoms with Crippen LogP contribution in [0.25, 0.3) is 6.08 Å². The van der Waals surface area contributed by atoms with E-state index >= 15 is 0 Å². The first-order valence-electron chi connectivity index (χ1n) is 12.0. The summed E-state index contributed by atoms with van der Waals surface area (Å²) in [6.45, 7) is 3.36.